The number of fused-ring (bicyclic) bond motifs is 1. The highest BCUT2D eigenvalue weighted by Crippen LogP contribution is 2.45. The zero-order valence-electron chi connectivity index (χ0n) is 10.5. The van der Waals surface area contributed by atoms with Gasteiger partial charge in [0.15, 0.2) is 0 Å². The third-order valence-electron chi connectivity index (χ3n) is 4.77. The minimum Gasteiger partial charge on any atom is -0.307 e. The first-order chi connectivity index (χ1) is 8.65. The van der Waals surface area contributed by atoms with Crippen LogP contribution in [0.2, 0.25) is 0 Å². The summed E-state index contributed by atoms with van der Waals surface area (Å²) in [5.41, 5.74) is 7.96. The molecule has 0 radical (unpaired) electrons. The van der Waals surface area contributed by atoms with E-state index >= 15 is 0 Å². The van der Waals surface area contributed by atoms with Crippen LogP contribution in [0.15, 0.2) is 5.18 Å². The van der Waals surface area contributed by atoms with Crippen LogP contribution >= 0.6 is 0 Å². The summed E-state index contributed by atoms with van der Waals surface area (Å²) in [6.07, 6.45) is 5.26. The summed E-state index contributed by atoms with van der Waals surface area (Å²) in [7, 11) is 0. The fourth-order valence-corrected chi connectivity index (χ4v) is 3.68. The quantitative estimate of drug-likeness (QED) is 0.300. The van der Waals surface area contributed by atoms with Crippen LogP contribution in [-0.4, -0.2) is 12.1 Å². The summed E-state index contributed by atoms with van der Waals surface area (Å²) in [6.45, 7) is 0. The highest BCUT2D eigenvalue weighted by Gasteiger charge is 2.39. The number of nitrogens with one attached hydrogen (secondary N) is 1. The molecule has 5 atom stereocenters. The standard InChI is InChI=1S/C12H22N4O2/c13-11(16-18)9-3-1-8-6-10(12(17)15-14)4-2-7(8)5-9/h7-11H,1-6,13-14H2,(H,15,17). The van der Waals surface area contributed by atoms with E-state index in [4.69, 9.17) is 11.6 Å². The predicted molar refractivity (Wildman–Crippen MR) is 67.8 cm³/mol. The van der Waals surface area contributed by atoms with Crippen LogP contribution in [0.4, 0.5) is 0 Å². The van der Waals surface area contributed by atoms with Gasteiger partial charge in [-0.25, -0.2) is 5.84 Å². The number of nitrogens with two attached hydrogens (primary N) is 2. The first kappa shape index (κ1) is 13.4. The lowest BCUT2D eigenvalue weighted by Crippen LogP contribution is -2.42. The molecular weight excluding hydrogens is 232 g/mol. The first-order valence-electron chi connectivity index (χ1n) is 6.74. The maximum Gasteiger partial charge on any atom is 0.236 e. The Kier molecular flexibility index (Phi) is 4.29. The molecule has 6 heteroatoms. The van der Waals surface area contributed by atoms with Gasteiger partial charge in [0.05, 0.1) is 0 Å². The third-order valence-corrected chi connectivity index (χ3v) is 4.77. The third kappa shape index (κ3) is 2.70. The fraction of sp³-hybridized carbons (Fsp3) is 0.917. The van der Waals surface area contributed by atoms with E-state index in [1.54, 1.807) is 0 Å². The van der Waals surface area contributed by atoms with E-state index in [-0.39, 0.29) is 17.7 Å². The van der Waals surface area contributed by atoms with Gasteiger partial charge in [-0.05, 0) is 56.3 Å². The van der Waals surface area contributed by atoms with Crippen molar-refractivity contribution in [3.63, 3.8) is 0 Å². The molecular formula is C12H22N4O2. The molecule has 0 bridgehead atoms. The molecule has 5 N–H and O–H groups in total. The van der Waals surface area contributed by atoms with Gasteiger partial charge in [-0.15, -0.1) is 4.91 Å². The molecule has 0 aliphatic heterocycles. The second-order valence-corrected chi connectivity index (χ2v) is 5.71. The van der Waals surface area contributed by atoms with Gasteiger partial charge in [0.1, 0.15) is 6.17 Å². The molecule has 18 heavy (non-hydrogen) atoms. The number of hydrogen-bond donors (Lipinski definition) is 3. The van der Waals surface area contributed by atoms with Gasteiger partial charge in [0.2, 0.25) is 5.91 Å². The lowest BCUT2D eigenvalue weighted by molar-refractivity contribution is -0.127. The van der Waals surface area contributed by atoms with Crippen molar-refractivity contribution in [2.45, 2.75) is 44.7 Å². The predicted octanol–water partition coefficient (Wildman–Crippen LogP) is 0.860. The number of carbonyl (C=O) groups excluding carboxylic acids is 1. The van der Waals surface area contributed by atoms with E-state index in [9.17, 15) is 9.70 Å². The lowest BCUT2D eigenvalue weighted by Gasteiger charge is -2.42. The number of amides is 1. The average molecular weight is 254 g/mol. The highest BCUT2D eigenvalue weighted by molar-refractivity contribution is 5.78. The van der Waals surface area contributed by atoms with Gasteiger partial charge in [-0.1, -0.05) is 5.18 Å². The molecule has 2 fully saturated rings. The van der Waals surface area contributed by atoms with E-state index in [0.29, 0.717) is 11.8 Å². The van der Waals surface area contributed by atoms with Crippen molar-refractivity contribution in [1.82, 2.24) is 5.43 Å². The van der Waals surface area contributed by atoms with E-state index in [1.807, 2.05) is 0 Å². The van der Waals surface area contributed by atoms with E-state index in [0.717, 1.165) is 38.5 Å². The fourth-order valence-electron chi connectivity index (χ4n) is 3.68. The van der Waals surface area contributed by atoms with Crippen molar-refractivity contribution in [3.8, 4) is 0 Å². The van der Waals surface area contributed by atoms with Crippen LogP contribution in [0.25, 0.3) is 0 Å². The van der Waals surface area contributed by atoms with Crippen molar-refractivity contribution < 1.29 is 4.79 Å². The number of hydrogen-bond acceptors (Lipinski definition) is 5. The van der Waals surface area contributed by atoms with Crippen molar-refractivity contribution >= 4 is 5.91 Å². The Balaban J connectivity index is 1.91. The molecule has 0 heterocycles. The van der Waals surface area contributed by atoms with Crippen LogP contribution in [0.3, 0.4) is 0 Å². The summed E-state index contributed by atoms with van der Waals surface area (Å²) >= 11 is 0. The van der Waals surface area contributed by atoms with Crippen LogP contribution in [0, 0.1) is 28.6 Å². The summed E-state index contributed by atoms with van der Waals surface area (Å²) in [6, 6.07) is 0. The number of rotatable bonds is 3. The van der Waals surface area contributed by atoms with Gasteiger partial charge < -0.3 is 5.73 Å². The maximum absolute atomic E-state index is 11.5. The molecule has 2 aliphatic rings. The monoisotopic (exact) mass is 254 g/mol. The van der Waals surface area contributed by atoms with Crippen LogP contribution in [-0.2, 0) is 4.79 Å². The topological polar surface area (TPSA) is 111 Å². The van der Waals surface area contributed by atoms with Gasteiger partial charge in [-0.2, -0.15) is 0 Å². The van der Waals surface area contributed by atoms with Gasteiger partial charge in [-0.3, -0.25) is 10.2 Å². The Morgan fingerprint density at radius 1 is 1.17 bits per heavy atom. The molecule has 2 rings (SSSR count). The molecule has 0 saturated heterocycles. The Bertz CT molecular complexity index is 323. The SMILES string of the molecule is NNC(=O)C1CCC2CC(C(N)N=O)CCC2C1. The van der Waals surface area contributed by atoms with Gasteiger partial charge in [0.25, 0.3) is 0 Å². The zero-order valence-corrected chi connectivity index (χ0v) is 10.5. The second-order valence-electron chi connectivity index (χ2n) is 5.71. The molecule has 5 unspecified atom stereocenters. The minimum atomic E-state index is -0.559. The van der Waals surface area contributed by atoms with Crippen molar-refractivity contribution in [2.24, 2.45) is 40.4 Å². The molecule has 2 saturated carbocycles. The molecule has 0 spiro atoms. The molecule has 0 aromatic heterocycles. The molecule has 1 amide bonds. The van der Waals surface area contributed by atoms with E-state index < -0.39 is 6.17 Å². The first-order valence-corrected chi connectivity index (χ1v) is 6.74. The van der Waals surface area contributed by atoms with Crippen LogP contribution in [0.5, 0.6) is 0 Å². The summed E-state index contributed by atoms with van der Waals surface area (Å²) in [4.78, 5) is 22.1. The van der Waals surface area contributed by atoms with Crippen molar-refractivity contribution in [2.75, 3.05) is 0 Å². The van der Waals surface area contributed by atoms with E-state index in [2.05, 4.69) is 10.6 Å². The molecule has 2 aliphatic carbocycles. The van der Waals surface area contributed by atoms with Gasteiger partial charge in [0, 0.05) is 5.92 Å². The summed E-state index contributed by atoms with van der Waals surface area (Å²) in [5.74, 6) is 6.61. The Morgan fingerprint density at radius 3 is 2.50 bits per heavy atom. The largest absolute Gasteiger partial charge is 0.307 e. The minimum absolute atomic E-state index is 0.0400. The normalized spacial score (nSPS) is 37.4. The van der Waals surface area contributed by atoms with Crippen LogP contribution < -0.4 is 17.0 Å². The average Bonchev–Trinajstić information content (AvgIpc) is 2.44. The second kappa shape index (κ2) is 5.75. The van der Waals surface area contributed by atoms with Gasteiger partial charge >= 0.3 is 0 Å². The number of nitrogens with zero attached hydrogens (tertiary/aromatic N) is 1. The summed E-state index contributed by atoms with van der Waals surface area (Å²) < 4.78 is 0. The van der Waals surface area contributed by atoms with Crippen molar-refractivity contribution in [1.29, 1.82) is 0 Å². The molecule has 0 aromatic rings. The maximum atomic E-state index is 11.5. The van der Waals surface area contributed by atoms with E-state index in [1.165, 1.54) is 0 Å². The Labute approximate surface area is 107 Å². The number of nitroso groups, excluding NO2 is 1. The Morgan fingerprint density at radius 2 is 1.83 bits per heavy atom. The smallest absolute Gasteiger partial charge is 0.236 e. The number of carbonyl (C=O) groups is 1. The van der Waals surface area contributed by atoms with Crippen molar-refractivity contribution in [3.05, 3.63) is 4.91 Å². The molecule has 102 valence electrons. The number of hydrazine groups is 1. The molecule has 0 aromatic carbocycles. The molecule has 6 nitrogen and oxygen atoms in total. The zero-order chi connectivity index (χ0) is 13.1. The van der Waals surface area contributed by atoms with Crippen LogP contribution in [0.1, 0.15) is 38.5 Å². The lowest BCUT2D eigenvalue weighted by atomic mass is 9.64. The Hall–Kier alpha value is -1.01. The summed E-state index contributed by atoms with van der Waals surface area (Å²) in [5, 5.41) is 2.95. The highest BCUT2D eigenvalue weighted by atomic mass is 16.3.